The molecule has 0 aliphatic carbocycles. The summed E-state index contributed by atoms with van der Waals surface area (Å²) in [5.74, 6) is -3.50. The van der Waals surface area contributed by atoms with Gasteiger partial charge in [-0.2, -0.15) is 23.3 Å². The van der Waals surface area contributed by atoms with Gasteiger partial charge in [0.1, 0.15) is 5.69 Å². The molecule has 0 fully saturated rings. The molecular weight excluding hydrogens is 447 g/mol. The van der Waals surface area contributed by atoms with Crippen LogP contribution in [-0.2, 0) is 18.0 Å². The van der Waals surface area contributed by atoms with Gasteiger partial charge < -0.3 is 10.1 Å². The minimum Gasteiger partial charge on any atom is -0.467 e. The Morgan fingerprint density at radius 3 is 2.45 bits per heavy atom. The van der Waals surface area contributed by atoms with Crippen LogP contribution in [0.25, 0.3) is 22.3 Å². The molecule has 6 nitrogen and oxygen atoms in total. The molecule has 2 aromatic carbocycles. The second kappa shape index (κ2) is 8.49. The van der Waals surface area contributed by atoms with E-state index in [-0.39, 0.29) is 22.4 Å². The quantitative estimate of drug-likeness (QED) is 0.426. The molecule has 0 spiro atoms. The van der Waals surface area contributed by atoms with E-state index in [1.54, 1.807) is 30.3 Å². The van der Waals surface area contributed by atoms with Gasteiger partial charge in [-0.25, -0.2) is 13.5 Å². The minimum atomic E-state index is -4.75. The number of nitrogens with zero attached hydrogens (tertiary/aromatic N) is 3. The third-order valence-electron chi connectivity index (χ3n) is 4.68. The lowest BCUT2D eigenvalue weighted by Gasteiger charge is -2.12. The highest BCUT2D eigenvalue weighted by Crippen LogP contribution is 2.40. The van der Waals surface area contributed by atoms with Crippen LogP contribution in [0.4, 0.5) is 27.6 Å². The number of rotatable bonds is 5. The first kappa shape index (κ1) is 22.2. The third-order valence-corrected chi connectivity index (χ3v) is 4.68. The maximum atomic E-state index is 13.9. The summed E-state index contributed by atoms with van der Waals surface area (Å²) in [4.78, 5) is 16.2. The van der Waals surface area contributed by atoms with Crippen molar-refractivity contribution >= 4 is 22.6 Å². The number of aromatic nitrogens is 3. The summed E-state index contributed by atoms with van der Waals surface area (Å²) in [6.45, 7) is -0.710. The smallest absolute Gasteiger partial charge is 0.417 e. The largest absolute Gasteiger partial charge is 0.467 e. The lowest BCUT2D eigenvalue weighted by atomic mass is 10.0. The molecule has 0 aliphatic heterocycles. The zero-order valence-electron chi connectivity index (χ0n) is 17.0. The Labute approximate surface area is 183 Å². The molecule has 0 aliphatic rings. The standard InChI is InChI=1S/C22H15F5N4O2/c1-31-21-19(20(30-31)12-5-3-2-4-6-12)14(22(25,26)27)10-18(29-21)33-11-17(32)28-13-7-8-15(23)16(24)9-13/h2-10H,11H2,1H3,(H,28,32). The molecule has 4 rings (SSSR count). The summed E-state index contributed by atoms with van der Waals surface area (Å²) < 4.78 is 74.3. The number of hydrogen-bond acceptors (Lipinski definition) is 4. The molecule has 1 N–H and O–H groups in total. The normalized spacial score (nSPS) is 11.6. The number of benzene rings is 2. The van der Waals surface area contributed by atoms with Gasteiger partial charge in [-0.05, 0) is 12.1 Å². The molecule has 0 saturated carbocycles. The van der Waals surface area contributed by atoms with Crippen LogP contribution in [0.15, 0.2) is 54.6 Å². The van der Waals surface area contributed by atoms with Gasteiger partial charge in [0.15, 0.2) is 23.9 Å². The number of pyridine rings is 1. The van der Waals surface area contributed by atoms with E-state index in [9.17, 15) is 26.7 Å². The predicted molar refractivity (Wildman–Crippen MR) is 109 cm³/mol. The van der Waals surface area contributed by atoms with Crippen molar-refractivity contribution < 1.29 is 31.5 Å². The lowest BCUT2D eigenvalue weighted by Crippen LogP contribution is -2.21. The molecule has 0 bridgehead atoms. The van der Waals surface area contributed by atoms with Gasteiger partial charge in [-0.1, -0.05) is 30.3 Å². The molecule has 0 saturated heterocycles. The van der Waals surface area contributed by atoms with Crippen molar-refractivity contribution in [1.82, 2.24) is 14.8 Å². The topological polar surface area (TPSA) is 69.0 Å². The zero-order valence-corrected chi connectivity index (χ0v) is 17.0. The Bertz CT molecular complexity index is 1340. The Balaban J connectivity index is 1.64. The highest BCUT2D eigenvalue weighted by atomic mass is 19.4. The van der Waals surface area contributed by atoms with Crippen LogP contribution < -0.4 is 10.1 Å². The third kappa shape index (κ3) is 4.61. The number of ether oxygens (including phenoxy) is 1. The van der Waals surface area contributed by atoms with E-state index in [0.29, 0.717) is 11.6 Å². The maximum absolute atomic E-state index is 13.9. The summed E-state index contributed by atoms with van der Waals surface area (Å²) in [6, 6.07) is 11.8. The van der Waals surface area contributed by atoms with E-state index in [1.807, 2.05) is 0 Å². The highest BCUT2D eigenvalue weighted by molar-refractivity contribution is 5.95. The van der Waals surface area contributed by atoms with Crippen molar-refractivity contribution in [3.63, 3.8) is 0 Å². The van der Waals surface area contributed by atoms with E-state index in [1.165, 1.54) is 11.7 Å². The zero-order chi connectivity index (χ0) is 23.8. The molecule has 1 amide bonds. The van der Waals surface area contributed by atoms with Crippen molar-refractivity contribution in [1.29, 1.82) is 0 Å². The van der Waals surface area contributed by atoms with E-state index >= 15 is 0 Å². The Hall–Kier alpha value is -4.02. The summed E-state index contributed by atoms with van der Waals surface area (Å²) in [7, 11) is 1.45. The number of carbonyl (C=O) groups excluding carboxylic acids is 1. The van der Waals surface area contributed by atoms with Crippen molar-refractivity contribution in [2.75, 3.05) is 11.9 Å². The number of alkyl halides is 3. The fraction of sp³-hybridized carbons (Fsp3) is 0.136. The number of nitrogens with one attached hydrogen (secondary N) is 1. The number of aryl methyl sites for hydroxylation is 1. The highest BCUT2D eigenvalue weighted by Gasteiger charge is 2.36. The molecule has 0 radical (unpaired) electrons. The fourth-order valence-electron chi connectivity index (χ4n) is 3.23. The summed E-state index contributed by atoms with van der Waals surface area (Å²) in [5, 5.41) is 6.26. The van der Waals surface area contributed by atoms with Gasteiger partial charge in [-0.15, -0.1) is 0 Å². The average Bonchev–Trinajstić information content (AvgIpc) is 3.11. The average molecular weight is 462 g/mol. The summed E-state index contributed by atoms with van der Waals surface area (Å²) in [6.07, 6.45) is -4.75. The number of carbonyl (C=O) groups is 1. The first-order valence-electron chi connectivity index (χ1n) is 9.51. The molecule has 2 aromatic heterocycles. The molecular formula is C22H15F5N4O2. The molecule has 0 unspecified atom stereocenters. The SMILES string of the molecule is Cn1nc(-c2ccccc2)c2c(C(F)(F)F)cc(OCC(=O)Nc3ccc(F)c(F)c3)nc21. The lowest BCUT2D eigenvalue weighted by molar-refractivity contribution is -0.136. The number of amides is 1. The van der Waals surface area contributed by atoms with E-state index in [4.69, 9.17) is 4.74 Å². The van der Waals surface area contributed by atoms with Crippen LogP contribution in [0.1, 0.15) is 5.56 Å². The van der Waals surface area contributed by atoms with Crippen molar-refractivity contribution in [3.05, 3.63) is 71.8 Å². The molecule has 4 aromatic rings. The van der Waals surface area contributed by atoms with Crippen LogP contribution >= 0.6 is 0 Å². The Morgan fingerprint density at radius 2 is 1.79 bits per heavy atom. The van der Waals surface area contributed by atoms with E-state index in [0.717, 1.165) is 18.2 Å². The molecule has 33 heavy (non-hydrogen) atoms. The van der Waals surface area contributed by atoms with Gasteiger partial charge in [0.2, 0.25) is 5.88 Å². The molecule has 0 atom stereocenters. The van der Waals surface area contributed by atoms with Crippen LogP contribution in [0, 0.1) is 11.6 Å². The van der Waals surface area contributed by atoms with Crippen LogP contribution in [0.2, 0.25) is 0 Å². The molecule has 11 heteroatoms. The first-order valence-corrected chi connectivity index (χ1v) is 9.51. The predicted octanol–water partition coefficient (Wildman–Crippen LogP) is 4.95. The summed E-state index contributed by atoms with van der Waals surface area (Å²) >= 11 is 0. The van der Waals surface area contributed by atoms with Gasteiger partial charge in [0.05, 0.1) is 10.9 Å². The number of halogens is 5. The van der Waals surface area contributed by atoms with E-state index in [2.05, 4.69) is 15.4 Å². The number of anilines is 1. The van der Waals surface area contributed by atoms with Crippen LogP contribution in [0.3, 0.4) is 0 Å². The number of hydrogen-bond donors (Lipinski definition) is 1. The van der Waals surface area contributed by atoms with Gasteiger partial charge >= 0.3 is 6.18 Å². The van der Waals surface area contributed by atoms with Crippen molar-refractivity contribution in [2.45, 2.75) is 6.18 Å². The maximum Gasteiger partial charge on any atom is 0.417 e. The molecule has 2 heterocycles. The van der Waals surface area contributed by atoms with Gasteiger partial charge in [0, 0.05) is 30.4 Å². The summed E-state index contributed by atoms with van der Waals surface area (Å²) in [5.41, 5.74) is -0.554. The van der Waals surface area contributed by atoms with Gasteiger partial charge in [-0.3, -0.25) is 4.79 Å². The number of fused-ring (bicyclic) bond motifs is 1. The Kier molecular flexibility index (Phi) is 5.71. The van der Waals surface area contributed by atoms with Crippen LogP contribution in [-0.4, -0.2) is 27.3 Å². The van der Waals surface area contributed by atoms with Crippen molar-refractivity contribution in [3.8, 4) is 17.1 Å². The van der Waals surface area contributed by atoms with Crippen LogP contribution in [0.5, 0.6) is 5.88 Å². The molecule has 170 valence electrons. The second-order valence-electron chi connectivity index (χ2n) is 7.01. The van der Waals surface area contributed by atoms with E-state index < -0.39 is 41.8 Å². The first-order chi connectivity index (χ1) is 15.6. The Morgan fingerprint density at radius 1 is 1.06 bits per heavy atom. The van der Waals surface area contributed by atoms with Crippen molar-refractivity contribution in [2.24, 2.45) is 7.05 Å². The monoisotopic (exact) mass is 462 g/mol. The van der Waals surface area contributed by atoms with Gasteiger partial charge in [0.25, 0.3) is 5.91 Å². The second-order valence-corrected chi connectivity index (χ2v) is 7.01. The fourth-order valence-corrected chi connectivity index (χ4v) is 3.23. The minimum absolute atomic E-state index is 0.0407.